The molecule has 4 saturated heterocycles. The number of rotatable bonds is 12. The number of aliphatic hydroxyl groups is 1. The molecule has 28 nitrogen and oxygen atoms in total. The number of aryl methyl sites for hydroxylation is 2. The molecule has 2 spiro atoms. The Morgan fingerprint density at radius 3 is 1.41 bits per heavy atom. The van der Waals surface area contributed by atoms with Crippen molar-refractivity contribution < 1.29 is 101 Å². The second kappa shape index (κ2) is 30.0. The van der Waals surface area contributed by atoms with Crippen molar-refractivity contribution >= 4 is 47.4 Å². The molecule has 20 rings (SSSR count). The Kier molecular flexibility index (Phi) is 20.4. The van der Waals surface area contributed by atoms with Crippen molar-refractivity contribution in [2.24, 2.45) is 0 Å². The number of phenols is 2. The molecule has 5 N–H and O–H groups in total. The van der Waals surface area contributed by atoms with Crippen LogP contribution in [0.15, 0.2) is 36.4 Å². The van der Waals surface area contributed by atoms with Gasteiger partial charge in [0.2, 0.25) is 13.6 Å². The number of benzene rings is 6. The lowest BCUT2D eigenvalue weighted by molar-refractivity contribution is -0.186. The first-order valence-corrected chi connectivity index (χ1v) is 41.4. The van der Waals surface area contributed by atoms with E-state index in [0.717, 1.165) is 62.9 Å². The van der Waals surface area contributed by atoms with Crippen LogP contribution in [-0.2, 0) is 65.4 Å². The van der Waals surface area contributed by atoms with Crippen LogP contribution in [0.25, 0.3) is 0 Å². The standard InChI is InChI=1S/C43H48N4O10S.C42H49N3O11S/c1-8-11-53-30-14-23-9-10-45-43(25(23)15-29(30)51-6)18-58-41-33-32(40-39(55-19-56-40)21(3)38(33)57-22(4)48)28(17-54-42(43)50)47-27(16-44)26-13-24-12-20(2)37(52-7)36(49)31(24)34(35(41)47)46(26)5;1-8-11-52-28-14-22-9-10-43-42(24(22)15-27(28)50-6)17-57-39-31-30(38-37(54-18-55-38)20(3)36(31)56-21(4)46)26(16-53-41(42)49)45-33(39)32-29-23(13-25(40(45)48)44(32)5)12-19(2)35(51-7)34(29)47/h12,14-15,26-28,34-35,41,45,49H,8-11,13,17-19H2,1-7H3;12,14-15,25-26,32-33,39-40,43,47-48H,8-11,13,16-18H2,1-7H3/t26-,27-,28-,34+,35?,41+,43+;25-,26-,32+,33?,39+,40-,42+/m00/s1. The molecule has 6 aromatic rings. The van der Waals surface area contributed by atoms with Crippen LogP contribution in [0.5, 0.6) is 80.5 Å². The second-order valence-corrected chi connectivity index (χ2v) is 33.9. The zero-order chi connectivity index (χ0) is 80.9. The molecule has 0 aliphatic carbocycles. The zero-order valence-corrected chi connectivity index (χ0v) is 68.6. The first-order valence-electron chi connectivity index (χ1n) is 39.3. The lowest BCUT2D eigenvalue weighted by atomic mass is 9.71. The minimum absolute atomic E-state index is 0.0492. The van der Waals surface area contributed by atoms with Crippen molar-refractivity contribution in [2.45, 2.75) is 176 Å². The Morgan fingerprint density at radius 1 is 0.557 bits per heavy atom. The summed E-state index contributed by atoms with van der Waals surface area (Å²) in [7, 11) is 10.3. The molecule has 0 radical (unpaired) electrons. The number of piperazine rings is 2. The molecule has 14 atom stereocenters. The van der Waals surface area contributed by atoms with Gasteiger partial charge in [0.05, 0.1) is 88.4 Å². The van der Waals surface area contributed by atoms with E-state index in [9.17, 15) is 39.8 Å². The van der Waals surface area contributed by atoms with Crippen molar-refractivity contribution in [1.29, 1.82) is 5.26 Å². The fourth-order valence-electron chi connectivity index (χ4n) is 20.8. The van der Waals surface area contributed by atoms with Gasteiger partial charge in [-0.3, -0.25) is 39.8 Å². The number of nitrogens with zero attached hydrogens (tertiary/aromatic N) is 5. The summed E-state index contributed by atoms with van der Waals surface area (Å²) < 4.78 is 85.3. The Morgan fingerprint density at radius 2 is 0.983 bits per heavy atom. The van der Waals surface area contributed by atoms with E-state index in [1.165, 1.54) is 37.4 Å². The van der Waals surface area contributed by atoms with Crippen LogP contribution in [0.3, 0.4) is 0 Å². The number of nitriles is 1. The average Bonchev–Trinajstić information content (AvgIpc) is 1.39. The van der Waals surface area contributed by atoms with Crippen LogP contribution < -0.4 is 67.5 Å². The summed E-state index contributed by atoms with van der Waals surface area (Å²) in [6, 6.07) is 9.65. The maximum absolute atomic E-state index is 15.0. The van der Waals surface area contributed by atoms with E-state index in [1.54, 1.807) is 28.4 Å². The molecular formula is C85H97N7O21S2. The number of methoxy groups -OCH3 is 4. The normalized spacial score (nSPS) is 28.2. The fraction of sp³-hybridized carbons (Fsp3) is 0.518. The summed E-state index contributed by atoms with van der Waals surface area (Å²) in [5, 5.41) is 54.1. The number of likely N-dealkylation sites (N-methyl/N-ethyl adjacent to an activating group) is 2. The highest BCUT2D eigenvalue weighted by molar-refractivity contribution is 7.99. The van der Waals surface area contributed by atoms with Gasteiger partial charge in [0.25, 0.3) is 0 Å². The van der Waals surface area contributed by atoms with E-state index in [1.807, 2.05) is 90.9 Å². The number of nitrogens with one attached hydrogen (secondary N) is 2. The summed E-state index contributed by atoms with van der Waals surface area (Å²) in [5.41, 5.74) is 9.62. The smallest absolute Gasteiger partial charge is 0.331 e. The van der Waals surface area contributed by atoms with E-state index >= 15 is 0 Å². The Labute approximate surface area is 675 Å². The van der Waals surface area contributed by atoms with Gasteiger partial charge in [-0.25, -0.2) is 9.59 Å². The van der Waals surface area contributed by atoms with Gasteiger partial charge < -0.3 is 81.6 Å². The minimum Gasteiger partial charge on any atom is -0.504 e. The third-order valence-corrected chi connectivity index (χ3v) is 28.5. The summed E-state index contributed by atoms with van der Waals surface area (Å²) in [6.07, 6.45) is 2.89. The maximum atomic E-state index is 15.0. The first kappa shape index (κ1) is 78.2. The molecule has 30 heteroatoms. The topological polar surface area (TPSA) is 319 Å². The van der Waals surface area contributed by atoms with Gasteiger partial charge in [-0.15, -0.1) is 23.5 Å². The monoisotopic (exact) mass is 1620 g/mol. The third-order valence-electron chi connectivity index (χ3n) is 25.6. The third kappa shape index (κ3) is 11.9. The Bertz CT molecular complexity index is 5080. The van der Waals surface area contributed by atoms with Gasteiger partial charge in [-0.05, 0) is 149 Å². The molecule has 115 heavy (non-hydrogen) atoms. The van der Waals surface area contributed by atoms with Gasteiger partial charge >= 0.3 is 23.9 Å². The van der Waals surface area contributed by atoms with E-state index in [0.29, 0.717) is 160 Å². The molecule has 0 saturated carbocycles. The number of aliphatic hydroxyl groups excluding tert-OH is 1. The fourth-order valence-corrected chi connectivity index (χ4v) is 24.2. The SMILES string of the molecule is CCCOc1cc2c(cc1OC)[C@@]1(CS[C@@H]3c4c(OC(C)=O)c(C)c5c(c4[C@H](COC1=O)N1C3[C@H]3c4c(cc(C)c(OC)c4O)C[C@@H]([C@@H]1C#N)N3C)OCO5)NCC2.CCCOc1cc2c(cc1OC)[C@@]1(CS[C@@H]3c4c(OC(C)=O)c(C)c5c(c4[C@H](COC1=O)N1C3[C@H]3c4c(cc(C)c(OC)c4O)C[C@@H]([C@@H]1O)N3C)OCO5)NCC2. The second-order valence-electron chi connectivity index (χ2n) is 31.7. The number of carbonyl (C=O) groups is 4. The summed E-state index contributed by atoms with van der Waals surface area (Å²) in [6.45, 7) is 16.0. The van der Waals surface area contributed by atoms with E-state index in [-0.39, 0.29) is 61.9 Å². The lowest BCUT2D eigenvalue weighted by Crippen LogP contribution is -2.70. The van der Waals surface area contributed by atoms with E-state index in [4.69, 9.17) is 66.3 Å². The molecule has 610 valence electrons. The quantitative estimate of drug-likeness (QED) is 0.0562. The molecule has 8 bridgehead atoms. The predicted molar refractivity (Wildman–Crippen MR) is 421 cm³/mol. The number of ether oxygens (including phenoxy) is 14. The number of fused-ring (bicyclic) bond motifs is 18. The molecule has 0 aromatic heterocycles. The molecule has 2 unspecified atom stereocenters. The maximum Gasteiger partial charge on any atom is 0.331 e. The first-order chi connectivity index (χ1) is 55.4. The van der Waals surface area contributed by atoms with Crippen molar-refractivity contribution in [3.05, 3.63) is 125 Å². The highest BCUT2D eigenvalue weighted by atomic mass is 32.2. The van der Waals surface area contributed by atoms with Crippen molar-refractivity contribution in [3.8, 4) is 86.6 Å². The molecule has 6 aromatic carbocycles. The highest BCUT2D eigenvalue weighted by Crippen LogP contribution is 2.68. The molecule has 14 aliphatic rings. The summed E-state index contributed by atoms with van der Waals surface area (Å²) in [5.74, 6) is 4.17. The number of carbonyl (C=O) groups excluding carboxylic acids is 4. The highest BCUT2D eigenvalue weighted by Gasteiger charge is 2.65. The lowest BCUT2D eigenvalue weighted by Gasteiger charge is -2.62. The van der Waals surface area contributed by atoms with Crippen LogP contribution >= 0.6 is 23.5 Å². The van der Waals surface area contributed by atoms with Crippen LogP contribution in [0.1, 0.15) is 164 Å². The van der Waals surface area contributed by atoms with E-state index < -0.39 is 94.0 Å². The van der Waals surface area contributed by atoms with Gasteiger partial charge in [0, 0.05) is 101 Å². The molecule has 14 heterocycles. The van der Waals surface area contributed by atoms with Crippen LogP contribution in [0.2, 0.25) is 0 Å². The van der Waals surface area contributed by atoms with Gasteiger partial charge in [0.15, 0.2) is 80.1 Å². The number of esters is 4. The molecule has 4 fully saturated rings. The summed E-state index contributed by atoms with van der Waals surface area (Å²) >= 11 is 3.04. The Balaban J connectivity index is 0.000000166. The molecule has 0 amide bonds. The number of hydrogen-bond donors (Lipinski definition) is 5. The average molecular weight is 1620 g/mol. The number of phenolic OH excluding ortho intramolecular Hbond substituents is 2. The van der Waals surface area contributed by atoms with Crippen LogP contribution in [0.4, 0.5) is 0 Å². The minimum atomic E-state index is -1.31. The summed E-state index contributed by atoms with van der Waals surface area (Å²) in [4.78, 5) is 64.4. The largest absolute Gasteiger partial charge is 0.504 e. The van der Waals surface area contributed by atoms with Crippen molar-refractivity contribution in [2.75, 3.05) is 107 Å². The van der Waals surface area contributed by atoms with Gasteiger partial charge in [-0.2, -0.15) is 5.26 Å². The van der Waals surface area contributed by atoms with Crippen LogP contribution in [0, 0.1) is 39.0 Å². The van der Waals surface area contributed by atoms with Gasteiger partial charge in [0.1, 0.15) is 37.0 Å². The van der Waals surface area contributed by atoms with Gasteiger partial charge in [-0.1, -0.05) is 26.0 Å². The number of thioether (sulfide) groups is 2. The van der Waals surface area contributed by atoms with Crippen molar-refractivity contribution in [3.63, 3.8) is 0 Å². The molecule has 14 aliphatic heterocycles. The number of aromatic hydroxyl groups is 2. The van der Waals surface area contributed by atoms with Crippen LogP contribution in [-0.4, -0.2) is 202 Å². The predicted octanol–water partition coefficient (Wildman–Crippen LogP) is 9.57. The number of hydrogen-bond acceptors (Lipinski definition) is 30. The van der Waals surface area contributed by atoms with Crippen molar-refractivity contribution in [1.82, 2.24) is 30.2 Å². The molecular weight excluding hydrogens is 1520 g/mol. The zero-order valence-electron chi connectivity index (χ0n) is 66.9. The van der Waals surface area contributed by atoms with E-state index in [2.05, 4.69) is 37.5 Å². The Hall–Kier alpha value is -9.29.